The number of hydrogen-bond donors (Lipinski definition) is 2. The molecule has 1 heterocycles. The van der Waals surface area contributed by atoms with Crippen molar-refractivity contribution in [2.45, 2.75) is 31.7 Å². The second-order valence-corrected chi connectivity index (χ2v) is 6.16. The number of rotatable bonds is 6. The van der Waals surface area contributed by atoms with E-state index in [0.29, 0.717) is 0 Å². The van der Waals surface area contributed by atoms with E-state index in [1.807, 2.05) is 0 Å². The van der Waals surface area contributed by atoms with Gasteiger partial charge in [-0.25, -0.2) is 13.6 Å². The molecule has 1 aromatic heterocycles. The Morgan fingerprint density at radius 1 is 1.40 bits per heavy atom. The van der Waals surface area contributed by atoms with Crippen LogP contribution in [0.3, 0.4) is 0 Å². The number of aryl methyl sites for hydroxylation is 1. The van der Waals surface area contributed by atoms with Crippen LogP contribution in [0.2, 0.25) is 0 Å². The fourth-order valence-corrected chi connectivity index (χ4v) is 2.54. The largest absolute Gasteiger partial charge is 0.479 e. The first-order valence-electron chi connectivity index (χ1n) is 7.62. The van der Waals surface area contributed by atoms with Crippen molar-refractivity contribution in [2.75, 3.05) is 0 Å². The molecule has 1 aromatic carbocycles. The van der Waals surface area contributed by atoms with Gasteiger partial charge in [-0.05, 0) is 36.6 Å². The van der Waals surface area contributed by atoms with Crippen LogP contribution in [0.4, 0.5) is 8.78 Å². The molecule has 1 amide bonds. The van der Waals surface area contributed by atoms with Crippen molar-refractivity contribution in [1.82, 2.24) is 15.1 Å². The van der Waals surface area contributed by atoms with Gasteiger partial charge in [-0.2, -0.15) is 5.10 Å². The number of benzene rings is 1. The molecule has 2 aromatic rings. The van der Waals surface area contributed by atoms with E-state index >= 15 is 0 Å². The van der Waals surface area contributed by atoms with Crippen molar-refractivity contribution in [1.29, 1.82) is 0 Å². The van der Waals surface area contributed by atoms with E-state index in [0.717, 1.165) is 30.7 Å². The minimum absolute atomic E-state index is 0.0223. The minimum atomic E-state index is -2.09. The number of nitrogens with one attached hydrogen (secondary N) is 1. The molecule has 134 valence electrons. The molecule has 2 unspecified atom stereocenters. The van der Waals surface area contributed by atoms with E-state index < -0.39 is 34.6 Å². The van der Waals surface area contributed by atoms with E-state index in [4.69, 9.17) is 0 Å². The third-order valence-corrected chi connectivity index (χ3v) is 4.07. The van der Waals surface area contributed by atoms with E-state index in [-0.39, 0.29) is 12.3 Å². The number of carbonyl (C=O) groups excluding carboxylic acids is 1. The summed E-state index contributed by atoms with van der Waals surface area (Å²) in [6.07, 6.45) is 3.34. The Morgan fingerprint density at radius 2 is 2.08 bits per heavy atom. The van der Waals surface area contributed by atoms with Crippen LogP contribution < -0.4 is 5.32 Å². The molecule has 0 aliphatic heterocycles. The molecule has 6 nitrogen and oxygen atoms in total. The lowest BCUT2D eigenvalue weighted by molar-refractivity contribution is -0.147. The number of hydrogen-bond acceptors (Lipinski definition) is 3. The Hall–Kier alpha value is -2.77. The highest BCUT2D eigenvalue weighted by molar-refractivity contribution is 5.88. The summed E-state index contributed by atoms with van der Waals surface area (Å²) < 4.78 is 29.0. The van der Waals surface area contributed by atoms with Gasteiger partial charge in [0.25, 0.3) is 0 Å². The van der Waals surface area contributed by atoms with Crippen molar-refractivity contribution in [3.8, 4) is 0 Å². The molecule has 2 N–H and O–H groups in total. The number of carboxylic acid groups (broad SMARTS) is 1. The lowest BCUT2D eigenvalue weighted by Gasteiger charge is -2.27. The molecule has 0 spiro atoms. The topological polar surface area (TPSA) is 84.2 Å². The number of amides is 1. The Morgan fingerprint density at radius 3 is 2.64 bits per heavy atom. The van der Waals surface area contributed by atoms with Crippen LogP contribution in [-0.4, -0.2) is 26.8 Å². The summed E-state index contributed by atoms with van der Waals surface area (Å²) in [6, 6.07) is 2.48. The number of aromatic nitrogens is 2. The van der Waals surface area contributed by atoms with Gasteiger partial charge >= 0.3 is 5.97 Å². The molecule has 25 heavy (non-hydrogen) atoms. The van der Waals surface area contributed by atoms with Gasteiger partial charge in [-0.3, -0.25) is 9.48 Å². The van der Waals surface area contributed by atoms with Gasteiger partial charge < -0.3 is 10.4 Å². The zero-order valence-electron chi connectivity index (χ0n) is 14.1. The summed E-state index contributed by atoms with van der Waals surface area (Å²) in [5.41, 5.74) is -1.72. The Balaban J connectivity index is 2.22. The number of halogens is 2. The van der Waals surface area contributed by atoms with Crippen molar-refractivity contribution in [3.63, 3.8) is 0 Å². The Kier molecular flexibility index (Phi) is 5.20. The number of aliphatic carboxylic acids is 1. The third-order valence-electron chi connectivity index (χ3n) is 4.07. The smallest absolute Gasteiger partial charge is 0.333 e. The van der Waals surface area contributed by atoms with Crippen LogP contribution in [-0.2, 0) is 22.2 Å². The van der Waals surface area contributed by atoms with Crippen molar-refractivity contribution in [3.05, 3.63) is 53.4 Å². The van der Waals surface area contributed by atoms with Crippen LogP contribution in [0.5, 0.6) is 0 Å². The van der Waals surface area contributed by atoms with Gasteiger partial charge in [-0.15, -0.1) is 0 Å². The normalized spacial score (nSPS) is 14.6. The van der Waals surface area contributed by atoms with Crippen LogP contribution >= 0.6 is 0 Å². The van der Waals surface area contributed by atoms with Gasteiger partial charge in [0.2, 0.25) is 5.91 Å². The first-order valence-corrected chi connectivity index (χ1v) is 7.62. The van der Waals surface area contributed by atoms with Crippen LogP contribution in [0.1, 0.15) is 37.3 Å². The molecule has 0 aliphatic carbocycles. The number of nitrogens with zero attached hydrogens (tertiary/aromatic N) is 2. The predicted molar refractivity (Wildman–Crippen MR) is 85.7 cm³/mol. The van der Waals surface area contributed by atoms with E-state index in [1.54, 1.807) is 31.0 Å². The average molecular weight is 351 g/mol. The highest BCUT2D eigenvalue weighted by Gasteiger charge is 2.39. The number of carbonyl (C=O) groups is 2. The number of carboxylic acids is 1. The van der Waals surface area contributed by atoms with Crippen LogP contribution in [0.15, 0.2) is 30.6 Å². The molecule has 2 rings (SSSR count). The average Bonchev–Trinajstić information content (AvgIpc) is 2.95. The van der Waals surface area contributed by atoms with E-state index in [1.165, 1.54) is 0 Å². The third kappa shape index (κ3) is 4.01. The molecular weight excluding hydrogens is 332 g/mol. The molecule has 0 radical (unpaired) electrons. The maximum Gasteiger partial charge on any atom is 0.333 e. The van der Waals surface area contributed by atoms with Gasteiger partial charge in [0.05, 0.1) is 6.20 Å². The summed E-state index contributed by atoms with van der Waals surface area (Å²) >= 11 is 0. The summed E-state index contributed by atoms with van der Waals surface area (Å²) in [6.45, 7) is 2.91. The Bertz CT molecular complexity index is 806. The summed E-state index contributed by atoms with van der Waals surface area (Å²) in [4.78, 5) is 24.0. The molecular formula is C17H19F2N3O3. The SMILES string of the molecule is CC(CC(=O)NC(C)(C(=O)O)c1cc(F)ccc1F)c1cnn(C)c1. The summed E-state index contributed by atoms with van der Waals surface area (Å²) in [5, 5.41) is 15.8. The fourth-order valence-electron chi connectivity index (χ4n) is 2.54. The molecule has 0 saturated carbocycles. The van der Waals surface area contributed by atoms with Crippen LogP contribution in [0.25, 0.3) is 0 Å². The monoisotopic (exact) mass is 351 g/mol. The molecule has 2 atom stereocenters. The zero-order valence-corrected chi connectivity index (χ0v) is 14.1. The van der Waals surface area contributed by atoms with Crippen molar-refractivity contribution < 1.29 is 23.5 Å². The summed E-state index contributed by atoms with van der Waals surface area (Å²) in [7, 11) is 1.74. The Labute approximate surface area is 143 Å². The molecule has 0 aliphatic rings. The lowest BCUT2D eigenvalue weighted by Crippen LogP contribution is -2.50. The van der Waals surface area contributed by atoms with E-state index in [9.17, 15) is 23.5 Å². The highest BCUT2D eigenvalue weighted by atomic mass is 19.1. The van der Waals surface area contributed by atoms with Gasteiger partial charge in [0.1, 0.15) is 11.6 Å². The standard InChI is InChI=1S/C17H19F2N3O3/c1-10(11-8-20-22(3)9-11)6-15(23)21-17(2,16(24)25)13-7-12(18)4-5-14(13)19/h4-5,7-10H,6H2,1-3H3,(H,21,23)(H,24,25). The zero-order chi connectivity index (χ0) is 18.8. The molecule has 0 saturated heterocycles. The minimum Gasteiger partial charge on any atom is -0.479 e. The van der Waals surface area contributed by atoms with Gasteiger partial charge in [0.15, 0.2) is 5.54 Å². The maximum absolute atomic E-state index is 14.0. The van der Waals surface area contributed by atoms with Crippen LogP contribution in [0, 0.1) is 11.6 Å². The first-order chi connectivity index (χ1) is 11.6. The van der Waals surface area contributed by atoms with E-state index in [2.05, 4.69) is 10.4 Å². The van der Waals surface area contributed by atoms with Crippen molar-refractivity contribution >= 4 is 11.9 Å². The quantitative estimate of drug-likeness (QED) is 0.836. The molecule has 8 heteroatoms. The second-order valence-electron chi connectivity index (χ2n) is 6.16. The van der Waals surface area contributed by atoms with Gasteiger partial charge in [0, 0.05) is 25.2 Å². The summed E-state index contributed by atoms with van der Waals surface area (Å²) in [5.74, 6) is -4.00. The highest BCUT2D eigenvalue weighted by Crippen LogP contribution is 2.26. The van der Waals surface area contributed by atoms with Crippen molar-refractivity contribution in [2.24, 2.45) is 7.05 Å². The first kappa shape index (κ1) is 18.6. The molecule has 0 bridgehead atoms. The maximum atomic E-state index is 14.0. The lowest BCUT2D eigenvalue weighted by atomic mass is 9.90. The molecule has 0 fully saturated rings. The fraction of sp³-hybridized carbons (Fsp3) is 0.353. The second kappa shape index (κ2) is 7.00. The van der Waals surface area contributed by atoms with Gasteiger partial charge in [-0.1, -0.05) is 6.92 Å². The predicted octanol–water partition coefficient (Wildman–Crippen LogP) is 2.31.